The van der Waals surface area contributed by atoms with Crippen LogP contribution >= 0.6 is 11.6 Å². The van der Waals surface area contributed by atoms with E-state index in [4.69, 9.17) is 16.7 Å². The Hall–Kier alpha value is -1.75. The number of aromatic carboxylic acids is 1. The number of carbonyl (C=O) groups is 2. The minimum absolute atomic E-state index is 0.0215. The second kappa shape index (κ2) is 5.32. The van der Waals surface area contributed by atoms with E-state index in [2.05, 4.69) is 5.32 Å². The highest BCUT2D eigenvalue weighted by Crippen LogP contribution is 2.34. The van der Waals surface area contributed by atoms with Crippen molar-refractivity contribution in [1.29, 1.82) is 0 Å². The molecule has 0 saturated carbocycles. The number of nitrogens with zero attached hydrogens (tertiary/aromatic N) is 1. The zero-order chi connectivity index (χ0) is 14.9. The Kier molecular flexibility index (Phi) is 3.90. The van der Waals surface area contributed by atoms with Gasteiger partial charge in [0, 0.05) is 25.8 Å². The maximum Gasteiger partial charge on any atom is 0.337 e. The number of benzene rings is 1. The number of carboxylic acids is 1. The average Bonchev–Trinajstić information content (AvgIpc) is 2.81. The highest BCUT2D eigenvalue weighted by molar-refractivity contribution is 6.33. The maximum atomic E-state index is 11.9. The maximum absolute atomic E-state index is 11.9. The summed E-state index contributed by atoms with van der Waals surface area (Å²) in [6, 6.07) is 4.86. The third kappa shape index (κ3) is 2.58. The van der Waals surface area contributed by atoms with Gasteiger partial charge in [-0.3, -0.25) is 4.79 Å². The number of hydrogen-bond donors (Lipinski definition) is 2. The summed E-state index contributed by atoms with van der Waals surface area (Å²) in [5.41, 5.74) is 0.503. The van der Waals surface area contributed by atoms with Crippen molar-refractivity contribution < 1.29 is 14.7 Å². The fourth-order valence-corrected chi connectivity index (χ4v) is 2.80. The third-order valence-corrected chi connectivity index (χ3v) is 4.11. The monoisotopic (exact) mass is 296 g/mol. The topological polar surface area (TPSA) is 69.6 Å². The molecule has 1 aliphatic heterocycles. The van der Waals surface area contributed by atoms with Gasteiger partial charge in [-0.1, -0.05) is 11.6 Å². The van der Waals surface area contributed by atoms with Crippen LogP contribution in [-0.4, -0.2) is 37.1 Å². The van der Waals surface area contributed by atoms with Gasteiger partial charge < -0.3 is 15.3 Å². The first-order valence-electron chi connectivity index (χ1n) is 6.37. The summed E-state index contributed by atoms with van der Waals surface area (Å²) in [6.07, 6.45) is 0.755. The van der Waals surface area contributed by atoms with Crippen LogP contribution < -0.4 is 10.2 Å². The number of amides is 1. The molecule has 1 amide bonds. The van der Waals surface area contributed by atoms with Gasteiger partial charge in [0.15, 0.2) is 0 Å². The van der Waals surface area contributed by atoms with E-state index in [0.29, 0.717) is 6.54 Å². The number of halogens is 1. The van der Waals surface area contributed by atoms with E-state index in [1.807, 2.05) is 11.8 Å². The number of rotatable bonds is 3. The largest absolute Gasteiger partial charge is 0.478 e. The summed E-state index contributed by atoms with van der Waals surface area (Å²) in [5, 5.41) is 11.9. The summed E-state index contributed by atoms with van der Waals surface area (Å²) in [7, 11) is 1.63. The highest BCUT2D eigenvalue weighted by Gasteiger charge is 2.39. The fourth-order valence-electron chi connectivity index (χ4n) is 2.54. The summed E-state index contributed by atoms with van der Waals surface area (Å²) in [5.74, 6) is -1.02. The van der Waals surface area contributed by atoms with E-state index < -0.39 is 11.4 Å². The molecule has 1 fully saturated rings. The first kappa shape index (κ1) is 14.7. The van der Waals surface area contributed by atoms with E-state index >= 15 is 0 Å². The van der Waals surface area contributed by atoms with E-state index in [-0.39, 0.29) is 16.5 Å². The molecule has 1 atom stereocenters. The van der Waals surface area contributed by atoms with Crippen LogP contribution in [0.4, 0.5) is 5.69 Å². The quantitative estimate of drug-likeness (QED) is 0.895. The predicted octanol–water partition coefficient (Wildman–Crippen LogP) is 2.00. The zero-order valence-electron chi connectivity index (χ0n) is 11.4. The molecule has 1 aromatic carbocycles. The summed E-state index contributed by atoms with van der Waals surface area (Å²) in [4.78, 5) is 24.9. The van der Waals surface area contributed by atoms with Gasteiger partial charge in [0.05, 0.1) is 16.0 Å². The molecule has 0 spiro atoms. The molecule has 2 rings (SSSR count). The molecule has 1 aromatic rings. The summed E-state index contributed by atoms with van der Waals surface area (Å²) in [6.45, 7) is 3.27. The zero-order valence-corrected chi connectivity index (χ0v) is 12.2. The lowest BCUT2D eigenvalue weighted by atomic mass is 9.89. The van der Waals surface area contributed by atoms with Crippen molar-refractivity contribution in [3.63, 3.8) is 0 Å². The molecule has 6 heteroatoms. The molecule has 1 heterocycles. The lowest BCUT2D eigenvalue weighted by Gasteiger charge is -2.24. The van der Waals surface area contributed by atoms with Gasteiger partial charge in [-0.15, -0.1) is 0 Å². The lowest BCUT2D eigenvalue weighted by molar-refractivity contribution is -0.128. The number of anilines is 1. The van der Waals surface area contributed by atoms with Crippen molar-refractivity contribution in [3.05, 3.63) is 28.8 Å². The Morgan fingerprint density at radius 3 is 2.70 bits per heavy atom. The lowest BCUT2D eigenvalue weighted by Crippen LogP contribution is -2.39. The van der Waals surface area contributed by atoms with E-state index in [9.17, 15) is 9.59 Å². The summed E-state index contributed by atoms with van der Waals surface area (Å²) >= 11 is 5.98. The van der Waals surface area contributed by atoms with Gasteiger partial charge in [0.1, 0.15) is 0 Å². The van der Waals surface area contributed by atoms with Crippen LogP contribution in [0.15, 0.2) is 18.2 Å². The molecule has 0 bridgehead atoms. The Labute approximate surface area is 122 Å². The molecule has 0 aliphatic carbocycles. The first-order valence-corrected chi connectivity index (χ1v) is 6.75. The minimum atomic E-state index is -1.04. The molecule has 2 N–H and O–H groups in total. The Morgan fingerprint density at radius 2 is 2.15 bits per heavy atom. The van der Waals surface area contributed by atoms with Crippen LogP contribution in [0.5, 0.6) is 0 Å². The van der Waals surface area contributed by atoms with Gasteiger partial charge in [-0.2, -0.15) is 0 Å². The van der Waals surface area contributed by atoms with Gasteiger partial charge >= 0.3 is 5.97 Å². The van der Waals surface area contributed by atoms with Crippen LogP contribution in [0.25, 0.3) is 0 Å². The van der Waals surface area contributed by atoms with Crippen LogP contribution in [0.3, 0.4) is 0 Å². The molecule has 1 aliphatic rings. The van der Waals surface area contributed by atoms with Crippen LogP contribution in [-0.2, 0) is 4.79 Å². The van der Waals surface area contributed by atoms with Crippen molar-refractivity contribution >= 4 is 29.2 Å². The van der Waals surface area contributed by atoms with Crippen molar-refractivity contribution in [2.75, 3.05) is 25.0 Å². The van der Waals surface area contributed by atoms with Gasteiger partial charge in [-0.05, 0) is 31.5 Å². The van der Waals surface area contributed by atoms with Gasteiger partial charge in [0.25, 0.3) is 0 Å². The third-order valence-electron chi connectivity index (χ3n) is 3.80. The van der Waals surface area contributed by atoms with Crippen molar-refractivity contribution in [2.24, 2.45) is 5.41 Å². The van der Waals surface area contributed by atoms with Crippen molar-refractivity contribution in [3.8, 4) is 0 Å². The molecular formula is C14H17ClN2O3. The van der Waals surface area contributed by atoms with E-state index in [0.717, 1.165) is 18.7 Å². The molecule has 5 nitrogen and oxygen atoms in total. The standard InChI is InChI=1S/C14H17ClN2O3/c1-14(13(20)16-2)5-6-17(8-14)9-3-4-10(12(18)19)11(15)7-9/h3-4,7H,5-6,8H2,1-2H3,(H,16,20)(H,18,19). The number of hydrogen-bond acceptors (Lipinski definition) is 3. The molecular weight excluding hydrogens is 280 g/mol. The van der Waals surface area contributed by atoms with Crippen LogP contribution in [0, 0.1) is 5.41 Å². The minimum Gasteiger partial charge on any atom is -0.478 e. The normalized spacial score (nSPS) is 21.9. The number of nitrogens with one attached hydrogen (secondary N) is 1. The highest BCUT2D eigenvalue weighted by atomic mass is 35.5. The number of carbonyl (C=O) groups excluding carboxylic acids is 1. The molecule has 0 aromatic heterocycles. The van der Waals surface area contributed by atoms with Crippen molar-refractivity contribution in [1.82, 2.24) is 5.32 Å². The SMILES string of the molecule is CNC(=O)C1(C)CCN(c2ccc(C(=O)O)c(Cl)c2)C1. The smallest absolute Gasteiger partial charge is 0.337 e. The average molecular weight is 297 g/mol. The fraction of sp³-hybridized carbons (Fsp3) is 0.429. The molecule has 1 saturated heterocycles. The second-order valence-corrected chi connectivity index (χ2v) is 5.69. The first-order chi connectivity index (χ1) is 9.37. The molecule has 1 unspecified atom stereocenters. The Bertz CT molecular complexity index is 561. The van der Waals surface area contributed by atoms with E-state index in [1.165, 1.54) is 6.07 Å². The summed E-state index contributed by atoms with van der Waals surface area (Å²) < 4.78 is 0. The molecule has 0 radical (unpaired) electrons. The van der Waals surface area contributed by atoms with Gasteiger partial charge in [-0.25, -0.2) is 4.79 Å². The van der Waals surface area contributed by atoms with Crippen LogP contribution in [0.1, 0.15) is 23.7 Å². The Morgan fingerprint density at radius 1 is 1.45 bits per heavy atom. The second-order valence-electron chi connectivity index (χ2n) is 5.28. The van der Waals surface area contributed by atoms with Gasteiger partial charge in [0.2, 0.25) is 5.91 Å². The molecule has 20 heavy (non-hydrogen) atoms. The van der Waals surface area contributed by atoms with Crippen molar-refractivity contribution in [2.45, 2.75) is 13.3 Å². The predicted molar refractivity (Wildman–Crippen MR) is 77.4 cm³/mol. The molecule has 108 valence electrons. The van der Waals surface area contributed by atoms with E-state index in [1.54, 1.807) is 19.2 Å². The van der Waals surface area contributed by atoms with Crippen LogP contribution in [0.2, 0.25) is 5.02 Å². The number of carboxylic acid groups (broad SMARTS) is 1. The Balaban J connectivity index is 2.21.